The van der Waals surface area contributed by atoms with Crippen LogP contribution in [-0.4, -0.2) is 31.3 Å². The summed E-state index contributed by atoms with van der Waals surface area (Å²) in [5.74, 6) is -1.02. The molecule has 1 atom stereocenters. The molecule has 2 N–H and O–H groups in total. The summed E-state index contributed by atoms with van der Waals surface area (Å²) in [5.41, 5.74) is 2.37. The first-order valence-corrected chi connectivity index (χ1v) is 13.0. The van der Waals surface area contributed by atoms with Crippen LogP contribution in [0, 0.1) is 0 Å². The van der Waals surface area contributed by atoms with Gasteiger partial charge < -0.3 is 10.1 Å². The molecule has 0 saturated heterocycles. The molecule has 0 unspecified atom stereocenters. The molecule has 1 amide bonds. The van der Waals surface area contributed by atoms with Crippen LogP contribution in [-0.2, 0) is 32.6 Å². The van der Waals surface area contributed by atoms with E-state index in [9.17, 15) is 18.0 Å². The van der Waals surface area contributed by atoms with Gasteiger partial charge in [0.2, 0.25) is 10.0 Å². The number of hydrogen-bond donors (Lipinski definition) is 2. The summed E-state index contributed by atoms with van der Waals surface area (Å²) in [6, 6.07) is 25.8. The molecule has 188 valence electrons. The number of ether oxygens (including phenoxy) is 1. The largest absolute Gasteiger partial charge is 0.460 e. The van der Waals surface area contributed by atoms with Gasteiger partial charge in [0.1, 0.15) is 12.6 Å². The third-order valence-electron chi connectivity index (χ3n) is 5.43. The Balaban J connectivity index is 1.47. The van der Waals surface area contributed by atoms with Crippen LogP contribution in [0.2, 0.25) is 0 Å². The van der Waals surface area contributed by atoms with Gasteiger partial charge in [0.05, 0.1) is 4.90 Å². The monoisotopic (exact) mass is 515 g/mol. The van der Waals surface area contributed by atoms with Crippen LogP contribution in [0.15, 0.2) is 114 Å². The van der Waals surface area contributed by atoms with Crippen LogP contribution >= 0.6 is 0 Å². The molecule has 8 nitrogen and oxygen atoms in total. The van der Waals surface area contributed by atoms with Crippen LogP contribution in [0.25, 0.3) is 0 Å². The molecule has 9 heteroatoms. The molecule has 1 aromatic heterocycles. The topological polar surface area (TPSA) is 114 Å². The third-order valence-corrected chi connectivity index (χ3v) is 6.91. The number of amides is 1. The van der Waals surface area contributed by atoms with Crippen LogP contribution in [0.3, 0.4) is 0 Å². The van der Waals surface area contributed by atoms with Crippen LogP contribution < -0.4 is 10.0 Å². The Kier molecular flexibility index (Phi) is 8.40. The summed E-state index contributed by atoms with van der Waals surface area (Å²) < 4.78 is 34.2. The number of benzene rings is 3. The Morgan fingerprint density at radius 1 is 0.811 bits per heavy atom. The van der Waals surface area contributed by atoms with Gasteiger partial charge in [-0.3, -0.25) is 14.6 Å². The fraction of sp³-hybridized carbons (Fsp3) is 0.107. The molecule has 0 aliphatic rings. The van der Waals surface area contributed by atoms with Crippen LogP contribution in [0.1, 0.15) is 21.5 Å². The van der Waals surface area contributed by atoms with Gasteiger partial charge in [-0.25, -0.2) is 8.42 Å². The number of carbonyl (C=O) groups excluding carboxylic acids is 2. The van der Waals surface area contributed by atoms with E-state index in [0.717, 1.165) is 5.56 Å². The zero-order chi connectivity index (χ0) is 26.1. The highest BCUT2D eigenvalue weighted by atomic mass is 32.2. The van der Waals surface area contributed by atoms with Gasteiger partial charge >= 0.3 is 5.97 Å². The fourth-order valence-corrected chi connectivity index (χ4v) is 4.71. The van der Waals surface area contributed by atoms with Crippen molar-refractivity contribution < 1.29 is 22.7 Å². The van der Waals surface area contributed by atoms with Crippen molar-refractivity contribution in [2.45, 2.75) is 24.0 Å². The number of esters is 1. The maximum atomic E-state index is 13.1. The molecular weight excluding hydrogens is 490 g/mol. The van der Waals surface area contributed by atoms with E-state index in [-0.39, 0.29) is 23.8 Å². The first-order chi connectivity index (χ1) is 17.9. The molecule has 0 radical (unpaired) electrons. The summed E-state index contributed by atoms with van der Waals surface area (Å²) in [4.78, 5) is 29.3. The highest BCUT2D eigenvalue weighted by Crippen LogP contribution is 2.17. The third kappa shape index (κ3) is 7.33. The predicted octanol–water partition coefficient (Wildman–Crippen LogP) is 3.97. The van der Waals surface area contributed by atoms with Gasteiger partial charge in [0, 0.05) is 30.1 Å². The van der Waals surface area contributed by atoms with Gasteiger partial charge in [-0.05, 0) is 53.6 Å². The average Bonchev–Trinajstić information content (AvgIpc) is 2.93. The summed E-state index contributed by atoms with van der Waals surface area (Å²) in [6.45, 7) is 0.0146. The number of rotatable bonds is 10. The molecule has 0 bridgehead atoms. The Hall–Kier alpha value is -4.34. The van der Waals surface area contributed by atoms with E-state index in [1.165, 1.54) is 24.3 Å². The second kappa shape index (κ2) is 12.1. The maximum absolute atomic E-state index is 13.1. The molecule has 0 spiro atoms. The molecule has 0 aliphatic carbocycles. The molecule has 4 aromatic rings. The second-order valence-corrected chi connectivity index (χ2v) is 9.89. The molecule has 0 fully saturated rings. The summed E-state index contributed by atoms with van der Waals surface area (Å²) >= 11 is 0. The van der Waals surface area contributed by atoms with E-state index in [4.69, 9.17) is 4.74 Å². The van der Waals surface area contributed by atoms with Gasteiger partial charge in [-0.2, -0.15) is 4.72 Å². The lowest BCUT2D eigenvalue weighted by atomic mass is 10.1. The maximum Gasteiger partial charge on any atom is 0.324 e. The van der Waals surface area contributed by atoms with Crippen LogP contribution in [0.4, 0.5) is 5.69 Å². The average molecular weight is 516 g/mol. The Bertz CT molecular complexity index is 1430. The highest BCUT2D eigenvalue weighted by molar-refractivity contribution is 7.89. The van der Waals surface area contributed by atoms with E-state index < -0.39 is 22.0 Å². The lowest BCUT2D eigenvalue weighted by molar-refractivity contribution is -0.147. The molecule has 4 rings (SSSR count). The first-order valence-electron chi connectivity index (χ1n) is 11.5. The highest BCUT2D eigenvalue weighted by Gasteiger charge is 2.27. The SMILES string of the molecule is O=C(Nc1ccc(S(=O)(=O)N[C@H](Cc2cccnc2)C(=O)OCc2ccccc2)cc1)c1ccccc1. The fourth-order valence-electron chi connectivity index (χ4n) is 3.52. The van der Waals surface area contributed by atoms with Gasteiger partial charge in [-0.1, -0.05) is 54.6 Å². The number of pyridine rings is 1. The Morgan fingerprint density at radius 2 is 1.46 bits per heavy atom. The molecule has 1 heterocycles. The Labute approximate surface area is 215 Å². The van der Waals surface area contributed by atoms with Crippen molar-refractivity contribution in [2.75, 3.05) is 5.32 Å². The smallest absolute Gasteiger partial charge is 0.324 e. The van der Waals surface area contributed by atoms with E-state index in [0.29, 0.717) is 16.8 Å². The quantitative estimate of drug-likeness (QED) is 0.309. The number of anilines is 1. The second-order valence-electron chi connectivity index (χ2n) is 8.18. The van der Waals surface area contributed by atoms with Crippen molar-refractivity contribution >= 4 is 27.6 Å². The number of carbonyl (C=O) groups is 2. The van der Waals surface area contributed by atoms with E-state index in [2.05, 4.69) is 15.0 Å². The molecule has 0 aliphatic heterocycles. The van der Waals surface area contributed by atoms with Crippen molar-refractivity contribution in [1.29, 1.82) is 0 Å². The minimum Gasteiger partial charge on any atom is -0.460 e. The summed E-state index contributed by atoms with van der Waals surface area (Å²) in [5, 5.41) is 2.73. The Morgan fingerprint density at radius 3 is 2.11 bits per heavy atom. The zero-order valence-corrected chi connectivity index (χ0v) is 20.6. The standard InChI is InChI=1S/C28H25N3O5S/c32-27(23-11-5-2-6-12-23)30-24-13-15-25(16-14-24)37(34,35)31-26(18-22-10-7-17-29-19-22)28(33)36-20-21-8-3-1-4-9-21/h1-17,19,26,31H,18,20H2,(H,30,32)/t26-/m1/s1. The zero-order valence-electron chi connectivity index (χ0n) is 19.8. The number of sulfonamides is 1. The van der Waals surface area contributed by atoms with Gasteiger partial charge in [0.15, 0.2) is 0 Å². The minimum atomic E-state index is -4.09. The minimum absolute atomic E-state index is 0.0146. The van der Waals surface area contributed by atoms with Crippen molar-refractivity contribution in [3.05, 3.63) is 126 Å². The normalized spacial score (nSPS) is 11.9. The molecule has 3 aromatic carbocycles. The van der Waals surface area contributed by atoms with Gasteiger partial charge in [0.25, 0.3) is 5.91 Å². The summed E-state index contributed by atoms with van der Waals surface area (Å²) in [6.07, 6.45) is 3.22. The number of nitrogens with zero attached hydrogens (tertiary/aromatic N) is 1. The summed E-state index contributed by atoms with van der Waals surface area (Å²) in [7, 11) is -4.09. The number of hydrogen-bond acceptors (Lipinski definition) is 6. The predicted molar refractivity (Wildman–Crippen MR) is 139 cm³/mol. The van der Waals surface area contributed by atoms with E-state index >= 15 is 0 Å². The number of aromatic nitrogens is 1. The van der Waals surface area contributed by atoms with Gasteiger partial charge in [-0.15, -0.1) is 0 Å². The van der Waals surface area contributed by atoms with Crippen molar-refractivity contribution in [1.82, 2.24) is 9.71 Å². The van der Waals surface area contributed by atoms with Crippen molar-refractivity contribution in [3.63, 3.8) is 0 Å². The molecule has 0 saturated carbocycles. The molecular formula is C28H25N3O5S. The number of nitrogens with one attached hydrogen (secondary N) is 2. The lowest BCUT2D eigenvalue weighted by Crippen LogP contribution is -2.43. The van der Waals surface area contributed by atoms with E-state index in [1.54, 1.807) is 48.8 Å². The molecule has 37 heavy (non-hydrogen) atoms. The van der Waals surface area contributed by atoms with E-state index in [1.807, 2.05) is 36.4 Å². The van der Waals surface area contributed by atoms with Crippen LogP contribution in [0.5, 0.6) is 0 Å². The van der Waals surface area contributed by atoms with Crippen molar-refractivity contribution in [2.24, 2.45) is 0 Å². The first kappa shape index (κ1) is 25.7. The van der Waals surface area contributed by atoms with Crippen molar-refractivity contribution in [3.8, 4) is 0 Å². The lowest BCUT2D eigenvalue weighted by Gasteiger charge is -2.18.